The summed E-state index contributed by atoms with van der Waals surface area (Å²) in [6, 6.07) is 4.43. The van der Waals surface area contributed by atoms with E-state index in [2.05, 4.69) is 0 Å². The summed E-state index contributed by atoms with van der Waals surface area (Å²) >= 11 is 0. The molecule has 0 aliphatic heterocycles. The monoisotopic (exact) mass is 278 g/mol. The van der Waals surface area contributed by atoms with Crippen molar-refractivity contribution in [1.82, 2.24) is 0 Å². The van der Waals surface area contributed by atoms with E-state index < -0.39 is 29.2 Å². The molecule has 2 unspecified atom stereocenters. The van der Waals surface area contributed by atoms with Crippen LogP contribution in [0.3, 0.4) is 0 Å². The van der Waals surface area contributed by atoms with Gasteiger partial charge in [-0.15, -0.1) is 0 Å². The smallest absolute Gasteiger partial charge is 0.422 e. The molecule has 0 saturated heterocycles. The summed E-state index contributed by atoms with van der Waals surface area (Å²) in [7, 11) is 1.34. The van der Waals surface area contributed by atoms with Crippen LogP contribution in [0.25, 0.3) is 0 Å². The normalized spacial score (nSPS) is 16.5. The Balaban J connectivity index is 3.35. The van der Waals surface area contributed by atoms with Gasteiger partial charge in [-0.2, -0.15) is 13.2 Å². The number of carboxylic acid groups (broad SMARTS) is 1. The van der Waals surface area contributed by atoms with Crippen LogP contribution < -0.4 is 4.74 Å². The molecule has 1 aromatic rings. The Kier molecular flexibility index (Phi) is 4.09. The number of aliphatic hydroxyl groups is 1. The summed E-state index contributed by atoms with van der Waals surface area (Å²) in [6.45, 7) is 0.806. The molecule has 19 heavy (non-hydrogen) atoms. The van der Waals surface area contributed by atoms with Crippen LogP contribution in [-0.4, -0.2) is 29.5 Å². The lowest BCUT2D eigenvalue weighted by Crippen LogP contribution is -2.50. The molecule has 4 nitrogen and oxygen atoms in total. The Hall–Kier alpha value is -1.76. The molecular formula is C12H13F3O4. The topological polar surface area (TPSA) is 66.8 Å². The second kappa shape index (κ2) is 5.08. The highest BCUT2D eigenvalue weighted by atomic mass is 19.4. The van der Waals surface area contributed by atoms with E-state index in [0.717, 1.165) is 19.1 Å². The zero-order valence-electron chi connectivity index (χ0n) is 10.2. The van der Waals surface area contributed by atoms with Gasteiger partial charge in [-0.3, -0.25) is 4.79 Å². The van der Waals surface area contributed by atoms with Crippen LogP contribution in [0, 0.1) is 5.92 Å². The number of hydrogen-bond acceptors (Lipinski definition) is 3. The molecule has 0 fully saturated rings. The van der Waals surface area contributed by atoms with Gasteiger partial charge in [-0.05, 0) is 24.6 Å². The minimum Gasteiger partial charge on any atom is -0.497 e. The minimum absolute atomic E-state index is 0.302. The van der Waals surface area contributed by atoms with Gasteiger partial charge in [0.25, 0.3) is 0 Å². The van der Waals surface area contributed by atoms with Crippen molar-refractivity contribution in [3.63, 3.8) is 0 Å². The first-order chi connectivity index (χ1) is 8.64. The third-order valence-corrected chi connectivity index (χ3v) is 2.96. The van der Waals surface area contributed by atoms with Crippen LogP contribution in [0.2, 0.25) is 0 Å². The molecule has 7 heteroatoms. The zero-order valence-corrected chi connectivity index (χ0v) is 10.2. The molecule has 0 aliphatic rings. The lowest BCUT2D eigenvalue weighted by molar-refractivity contribution is -0.284. The van der Waals surface area contributed by atoms with Crippen molar-refractivity contribution in [2.24, 2.45) is 5.92 Å². The summed E-state index contributed by atoms with van der Waals surface area (Å²) in [4.78, 5) is 10.8. The van der Waals surface area contributed by atoms with Gasteiger partial charge in [-0.25, -0.2) is 0 Å². The molecule has 106 valence electrons. The largest absolute Gasteiger partial charge is 0.497 e. The molecular weight excluding hydrogens is 265 g/mol. The minimum atomic E-state index is -5.11. The summed E-state index contributed by atoms with van der Waals surface area (Å²) < 4.78 is 43.9. The predicted octanol–water partition coefficient (Wildman–Crippen LogP) is 2.17. The first-order valence-corrected chi connectivity index (χ1v) is 5.31. The molecule has 0 aliphatic carbocycles. The number of hydrogen-bond donors (Lipinski definition) is 2. The molecule has 0 saturated carbocycles. The third kappa shape index (κ3) is 2.65. The standard InChI is InChI=1S/C12H13F3O4/c1-7(10(16)17)11(18,12(13,14)15)8-3-5-9(19-2)6-4-8/h3-7,18H,1-2H3,(H,16,17). The number of rotatable bonds is 4. The fraction of sp³-hybridized carbons (Fsp3) is 0.417. The SMILES string of the molecule is COc1ccc(C(O)(C(C)C(=O)O)C(F)(F)F)cc1. The number of halogens is 3. The van der Waals surface area contributed by atoms with Gasteiger partial charge in [0.2, 0.25) is 0 Å². The number of benzene rings is 1. The van der Waals surface area contributed by atoms with Gasteiger partial charge in [0, 0.05) is 0 Å². The Bertz CT molecular complexity index is 455. The first kappa shape index (κ1) is 15.3. The van der Waals surface area contributed by atoms with Crippen LogP contribution >= 0.6 is 0 Å². The number of carbonyl (C=O) groups is 1. The van der Waals surface area contributed by atoms with E-state index in [1.165, 1.54) is 19.2 Å². The molecule has 1 aromatic carbocycles. The molecule has 1 rings (SSSR count). The Morgan fingerprint density at radius 1 is 1.26 bits per heavy atom. The number of carboxylic acids is 1. The van der Waals surface area contributed by atoms with Crippen molar-refractivity contribution >= 4 is 5.97 Å². The second-order valence-corrected chi connectivity index (χ2v) is 4.05. The maximum Gasteiger partial charge on any atom is 0.422 e. The number of aliphatic carboxylic acids is 1. The van der Waals surface area contributed by atoms with Crippen LogP contribution in [0.5, 0.6) is 5.75 Å². The summed E-state index contributed by atoms with van der Waals surface area (Å²) in [5.41, 5.74) is -4.00. The van der Waals surface area contributed by atoms with Crippen molar-refractivity contribution < 1.29 is 32.9 Å². The van der Waals surface area contributed by atoms with Gasteiger partial charge in [0.15, 0.2) is 5.60 Å². The van der Waals surface area contributed by atoms with E-state index in [1.54, 1.807) is 0 Å². The highest BCUT2D eigenvalue weighted by molar-refractivity contribution is 5.71. The molecule has 0 heterocycles. The van der Waals surface area contributed by atoms with Crippen molar-refractivity contribution in [2.75, 3.05) is 7.11 Å². The van der Waals surface area contributed by atoms with Gasteiger partial charge in [-0.1, -0.05) is 12.1 Å². The van der Waals surface area contributed by atoms with Gasteiger partial charge < -0.3 is 14.9 Å². The zero-order chi connectivity index (χ0) is 14.8. The van der Waals surface area contributed by atoms with Crippen LogP contribution in [0.15, 0.2) is 24.3 Å². The van der Waals surface area contributed by atoms with Crippen LogP contribution in [-0.2, 0) is 10.4 Å². The molecule has 0 bridgehead atoms. The molecule has 0 radical (unpaired) electrons. The van der Waals surface area contributed by atoms with E-state index in [-0.39, 0.29) is 0 Å². The van der Waals surface area contributed by atoms with E-state index in [0.29, 0.717) is 5.75 Å². The van der Waals surface area contributed by atoms with E-state index >= 15 is 0 Å². The van der Waals surface area contributed by atoms with Gasteiger partial charge >= 0.3 is 12.1 Å². The molecule has 2 atom stereocenters. The number of alkyl halides is 3. The maximum atomic E-state index is 13.0. The number of methoxy groups -OCH3 is 1. The van der Waals surface area contributed by atoms with E-state index in [1.807, 2.05) is 0 Å². The van der Waals surface area contributed by atoms with Crippen LogP contribution in [0.4, 0.5) is 13.2 Å². The molecule has 0 spiro atoms. The third-order valence-electron chi connectivity index (χ3n) is 2.96. The van der Waals surface area contributed by atoms with Gasteiger partial charge in [0.05, 0.1) is 13.0 Å². The molecule has 2 N–H and O–H groups in total. The van der Waals surface area contributed by atoms with Crippen molar-refractivity contribution in [1.29, 1.82) is 0 Å². The second-order valence-electron chi connectivity index (χ2n) is 4.05. The average molecular weight is 278 g/mol. The Labute approximate surface area is 107 Å². The maximum absolute atomic E-state index is 13.0. The molecule has 0 aromatic heterocycles. The fourth-order valence-electron chi connectivity index (χ4n) is 1.68. The highest BCUT2D eigenvalue weighted by Crippen LogP contribution is 2.44. The van der Waals surface area contributed by atoms with E-state index in [9.17, 15) is 23.1 Å². The summed E-state index contributed by atoms with van der Waals surface area (Å²) in [6.07, 6.45) is -5.11. The van der Waals surface area contributed by atoms with Crippen LogP contribution in [0.1, 0.15) is 12.5 Å². The number of ether oxygens (including phenoxy) is 1. The Morgan fingerprint density at radius 3 is 2.05 bits per heavy atom. The fourth-order valence-corrected chi connectivity index (χ4v) is 1.68. The average Bonchev–Trinajstić information content (AvgIpc) is 2.35. The van der Waals surface area contributed by atoms with Crippen molar-refractivity contribution in [2.45, 2.75) is 18.7 Å². The van der Waals surface area contributed by atoms with E-state index in [4.69, 9.17) is 9.84 Å². The van der Waals surface area contributed by atoms with Gasteiger partial charge in [0.1, 0.15) is 5.75 Å². The lowest BCUT2D eigenvalue weighted by Gasteiger charge is -2.34. The summed E-state index contributed by atoms with van der Waals surface area (Å²) in [5.74, 6) is -3.48. The quantitative estimate of drug-likeness (QED) is 0.885. The van der Waals surface area contributed by atoms with Crippen molar-refractivity contribution in [3.05, 3.63) is 29.8 Å². The summed E-state index contributed by atoms with van der Waals surface area (Å²) in [5, 5.41) is 18.6. The first-order valence-electron chi connectivity index (χ1n) is 5.31. The highest BCUT2D eigenvalue weighted by Gasteiger charge is 2.60. The van der Waals surface area contributed by atoms with Crippen molar-refractivity contribution in [3.8, 4) is 5.75 Å². The molecule has 0 amide bonds. The Morgan fingerprint density at radius 2 is 1.74 bits per heavy atom. The predicted molar refractivity (Wildman–Crippen MR) is 59.7 cm³/mol. The lowest BCUT2D eigenvalue weighted by atomic mass is 9.81.